The van der Waals surface area contributed by atoms with Crippen molar-refractivity contribution in [3.05, 3.63) is 51.3 Å². The number of Topliss-reactive ketones (excluding diaryl/α,β-unsaturated/α-hetero) is 1. The van der Waals surface area contributed by atoms with Crippen molar-refractivity contribution in [2.75, 3.05) is 11.1 Å². The van der Waals surface area contributed by atoms with E-state index in [0.717, 1.165) is 0 Å². The van der Waals surface area contributed by atoms with Crippen molar-refractivity contribution in [1.82, 2.24) is 15.3 Å². The molecule has 174 valence electrons. The van der Waals surface area contributed by atoms with E-state index < -0.39 is 41.7 Å². The number of rotatable bonds is 12. The van der Waals surface area contributed by atoms with E-state index in [1.165, 1.54) is 12.1 Å². The van der Waals surface area contributed by atoms with Crippen molar-refractivity contribution >= 4 is 41.8 Å². The number of aromatic nitrogens is 2. The van der Waals surface area contributed by atoms with E-state index in [0.29, 0.717) is 5.56 Å². The lowest BCUT2D eigenvalue weighted by atomic mass is 10.0. The first-order chi connectivity index (χ1) is 15.6. The molecule has 2 amide bonds. The average Bonchev–Trinajstić information content (AvgIpc) is 2.74. The van der Waals surface area contributed by atoms with Crippen LogP contribution >= 0.6 is 0 Å². The Morgan fingerprint density at radius 2 is 1.79 bits per heavy atom. The smallest absolute Gasteiger partial charge is 0.326 e. The fourth-order valence-electron chi connectivity index (χ4n) is 2.88. The van der Waals surface area contributed by atoms with Crippen LogP contribution < -0.4 is 21.9 Å². The molecule has 0 aliphatic rings. The van der Waals surface area contributed by atoms with Gasteiger partial charge in [0.1, 0.15) is 11.6 Å². The van der Waals surface area contributed by atoms with Gasteiger partial charge in [-0.1, -0.05) is 12.1 Å². The standard InChI is InChI=1S/C20H21N5O8/c21-20-24-16(22-9-26)15(18(31)25-20)13(27)7-3-10-1-4-11(5-2-10)17(30)23-12(19(32)33)6-8-14(28)29/h1-2,4-5,9,12H,3,6-8H2,(H,23,30)(H,28,29)(H,32,33)(H4,21,22,24,25,26,31)/t12-/m0/s1. The summed E-state index contributed by atoms with van der Waals surface area (Å²) in [7, 11) is 0. The number of carbonyl (C=O) groups excluding carboxylic acids is 3. The molecule has 2 rings (SSSR count). The number of nitrogens with two attached hydrogens (primary N) is 1. The maximum absolute atomic E-state index is 12.5. The number of ketones is 1. The number of nitrogens with one attached hydrogen (secondary N) is 3. The van der Waals surface area contributed by atoms with Crippen LogP contribution in [0.25, 0.3) is 0 Å². The molecule has 0 fully saturated rings. The zero-order chi connectivity index (χ0) is 24.5. The molecule has 1 atom stereocenters. The van der Waals surface area contributed by atoms with E-state index in [1.54, 1.807) is 12.1 Å². The first kappa shape index (κ1) is 24.7. The summed E-state index contributed by atoms with van der Waals surface area (Å²) in [5.41, 5.74) is 5.07. The molecule has 0 unspecified atom stereocenters. The number of H-pyrrole nitrogens is 1. The second-order valence-electron chi connectivity index (χ2n) is 6.85. The second-order valence-corrected chi connectivity index (χ2v) is 6.85. The first-order valence-electron chi connectivity index (χ1n) is 9.60. The van der Waals surface area contributed by atoms with Crippen molar-refractivity contribution in [3.8, 4) is 0 Å². The van der Waals surface area contributed by atoms with E-state index in [1.807, 2.05) is 0 Å². The highest BCUT2D eigenvalue weighted by Crippen LogP contribution is 2.14. The number of aliphatic carboxylic acids is 2. The molecule has 0 saturated carbocycles. The molecule has 2 aromatic rings. The first-order valence-corrected chi connectivity index (χ1v) is 9.60. The molecule has 1 heterocycles. The number of hydrogen-bond acceptors (Lipinski definition) is 8. The topological polar surface area (TPSA) is 222 Å². The molecule has 0 saturated heterocycles. The number of benzene rings is 1. The van der Waals surface area contributed by atoms with Gasteiger partial charge in [0.05, 0.1) is 0 Å². The quantitative estimate of drug-likeness (QED) is 0.181. The Balaban J connectivity index is 2.03. The third-order valence-corrected chi connectivity index (χ3v) is 4.52. The highest BCUT2D eigenvalue weighted by atomic mass is 16.4. The van der Waals surface area contributed by atoms with Crippen LogP contribution in [0.15, 0.2) is 29.1 Å². The molecule has 0 spiro atoms. The predicted octanol–water partition coefficient (Wildman–Crippen LogP) is -0.216. The number of carboxylic acid groups (broad SMARTS) is 2. The summed E-state index contributed by atoms with van der Waals surface area (Å²) in [6.45, 7) is 0. The van der Waals surface area contributed by atoms with E-state index in [9.17, 15) is 28.8 Å². The van der Waals surface area contributed by atoms with Gasteiger partial charge in [-0.3, -0.25) is 29.0 Å². The van der Waals surface area contributed by atoms with Gasteiger partial charge in [0, 0.05) is 18.4 Å². The number of carboxylic acids is 2. The molecule has 0 aliphatic heterocycles. The van der Waals surface area contributed by atoms with Crippen LogP contribution in [-0.2, 0) is 20.8 Å². The van der Waals surface area contributed by atoms with E-state index in [-0.39, 0.29) is 48.6 Å². The van der Waals surface area contributed by atoms with Crippen LogP contribution in [0.2, 0.25) is 0 Å². The maximum atomic E-state index is 12.5. The predicted molar refractivity (Wildman–Crippen MR) is 114 cm³/mol. The van der Waals surface area contributed by atoms with Gasteiger partial charge in [0.25, 0.3) is 11.5 Å². The van der Waals surface area contributed by atoms with E-state index >= 15 is 0 Å². The molecular formula is C20H21N5O8. The summed E-state index contributed by atoms with van der Waals surface area (Å²) in [4.78, 5) is 75.3. The number of hydrogen-bond donors (Lipinski definition) is 6. The van der Waals surface area contributed by atoms with Crippen LogP contribution in [0, 0.1) is 0 Å². The fourth-order valence-corrected chi connectivity index (χ4v) is 2.88. The number of amides is 2. The van der Waals surface area contributed by atoms with Gasteiger partial charge in [0.2, 0.25) is 12.4 Å². The minimum atomic E-state index is -1.35. The van der Waals surface area contributed by atoms with Crippen LogP contribution in [0.5, 0.6) is 0 Å². The number of nitrogen functional groups attached to an aromatic ring is 1. The second kappa shape index (κ2) is 11.2. The molecule has 0 radical (unpaired) electrons. The van der Waals surface area contributed by atoms with Crippen molar-refractivity contribution in [1.29, 1.82) is 0 Å². The van der Waals surface area contributed by atoms with Gasteiger partial charge in [-0.25, -0.2) is 4.79 Å². The Morgan fingerprint density at radius 3 is 2.36 bits per heavy atom. The molecule has 1 aromatic heterocycles. The zero-order valence-electron chi connectivity index (χ0n) is 17.2. The number of anilines is 2. The van der Waals surface area contributed by atoms with Crippen molar-refractivity contribution in [2.45, 2.75) is 31.7 Å². The lowest BCUT2D eigenvalue weighted by Crippen LogP contribution is -2.41. The van der Waals surface area contributed by atoms with Gasteiger partial charge < -0.3 is 26.6 Å². The maximum Gasteiger partial charge on any atom is 0.326 e. The van der Waals surface area contributed by atoms with Gasteiger partial charge in [0.15, 0.2) is 11.6 Å². The zero-order valence-corrected chi connectivity index (χ0v) is 17.2. The Labute approximate surface area is 186 Å². The average molecular weight is 459 g/mol. The molecular weight excluding hydrogens is 438 g/mol. The molecule has 13 heteroatoms. The highest BCUT2D eigenvalue weighted by molar-refractivity contribution is 6.01. The van der Waals surface area contributed by atoms with Gasteiger partial charge in [-0.15, -0.1) is 0 Å². The minimum Gasteiger partial charge on any atom is -0.481 e. The number of aryl methyl sites for hydroxylation is 1. The van der Waals surface area contributed by atoms with Crippen LogP contribution in [0.1, 0.15) is 45.5 Å². The van der Waals surface area contributed by atoms with Crippen molar-refractivity contribution < 1.29 is 34.2 Å². The Bertz CT molecular complexity index is 1130. The monoisotopic (exact) mass is 459 g/mol. The summed E-state index contributed by atoms with van der Waals surface area (Å²) in [6, 6.07) is 4.58. The largest absolute Gasteiger partial charge is 0.481 e. The summed E-state index contributed by atoms with van der Waals surface area (Å²) in [5.74, 6) is -4.32. The van der Waals surface area contributed by atoms with Crippen molar-refractivity contribution in [2.24, 2.45) is 0 Å². The third-order valence-electron chi connectivity index (χ3n) is 4.52. The number of nitrogens with zero attached hydrogens (tertiary/aromatic N) is 1. The highest BCUT2D eigenvalue weighted by Gasteiger charge is 2.22. The Hall–Kier alpha value is -4.55. The lowest BCUT2D eigenvalue weighted by molar-refractivity contribution is -0.140. The number of carbonyl (C=O) groups is 5. The molecule has 33 heavy (non-hydrogen) atoms. The third kappa shape index (κ3) is 6.99. The number of aromatic amines is 1. The molecule has 7 N–H and O–H groups in total. The summed E-state index contributed by atoms with van der Waals surface area (Å²) < 4.78 is 0. The minimum absolute atomic E-state index is 0.107. The van der Waals surface area contributed by atoms with E-state index in [4.69, 9.17) is 15.9 Å². The Morgan fingerprint density at radius 1 is 1.12 bits per heavy atom. The summed E-state index contributed by atoms with van der Waals surface area (Å²) in [5, 5.41) is 22.2. The van der Waals surface area contributed by atoms with Gasteiger partial charge in [-0.2, -0.15) is 4.98 Å². The SMILES string of the molecule is Nc1nc(NC=O)c(C(=O)CCc2ccc(C(=O)N[C@@H](CCC(=O)O)C(=O)O)cc2)c(=O)[nH]1. The molecule has 0 aliphatic carbocycles. The van der Waals surface area contributed by atoms with Gasteiger partial charge in [-0.05, 0) is 30.5 Å². The van der Waals surface area contributed by atoms with E-state index in [2.05, 4.69) is 20.6 Å². The molecule has 0 bridgehead atoms. The van der Waals surface area contributed by atoms with Crippen LogP contribution in [-0.4, -0.2) is 56.3 Å². The van der Waals surface area contributed by atoms with Crippen molar-refractivity contribution in [3.63, 3.8) is 0 Å². The Kier molecular flexibility index (Phi) is 8.37. The van der Waals surface area contributed by atoms with Crippen LogP contribution in [0.4, 0.5) is 11.8 Å². The van der Waals surface area contributed by atoms with Crippen LogP contribution in [0.3, 0.4) is 0 Å². The molecule has 13 nitrogen and oxygen atoms in total. The lowest BCUT2D eigenvalue weighted by Gasteiger charge is -2.13. The normalized spacial score (nSPS) is 11.3. The summed E-state index contributed by atoms with van der Waals surface area (Å²) in [6.07, 6.45) is -0.332. The van der Waals surface area contributed by atoms with Gasteiger partial charge >= 0.3 is 11.9 Å². The summed E-state index contributed by atoms with van der Waals surface area (Å²) >= 11 is 0. The molecule has 1 aromatic carbocycles. The fraction of sp³-hybridized carbons (Fsp3) is 0.250.